The molecule has 30 heavy (non-hydrogen) atoms. The third-order valence-corrected chi connectivity index (χ3v) is 5.47. The quantitative estimate of drug-likeness (QED) is 0.825. The van der Waals surface area contributed by atoms with E-state index in [1.165, 1.54) is 5.56 Å². The molecule has 0 bridgehead atoms. The van der Waals surface area contributed by atoms with Crippen LogP contribution in [0.2, 0.25) is 0 Å². The molecule has 1 saturated heterocycles. The van der Waals surface area contributed by atoms with Crippen LogP contribution in [0.4, 0.5) is 5.69 Å². The molecular formula is C24H31N3O3. The first-order chi connectivity index (χ1) is 14.3. The molecule has 2 amide bonds. The van der Waals surface area contributed by atoms with E-state index >= 15 is 0 Å². The number of hydrogen-bond acceptors (Lipinski definition) is 4. The summed E-state index contributed by atoms with van der Waals surface area (Å²) in [7, 11) is 1.66. The van der Waals surface area contributed by atoms with E-state index in [-0.39, 0.29) is 23.8 Å². The molecule has 0 aliphatic carbocycles. The monoisotopic (exact) mass is 409 g/mol. The van der Waals surface area contributed by atoms with Gasteiger partial charge < -0.3 is 19.9 Å². The van der Waals surface area contributed by atoms with Gasteiger partial charge in [-0.15, -0.1) is 0 Å². The van der Waals surface area contributed by atoms with Crippen molar-refractivity contribution < 1.29 is 14.3 Å². The van der Waals surface area contributed by atoms with Gasteiger partial charge in [-0.05, 0) is 35.2 Å². The maximum atomic E-state index is 12.6. The molecule has 2 aromatic rings. The zero-order chi connectivity index (χ0) is 21.7. The third kappa shape index (κ3) is 5.12. The van der Waals surface area contributed by atoms with Gasteiger partial charge in [-0.1, -0.05) is 45.0 Å². The van der Waals surface area contributed by atoms with Crippen molar-refractivity contribution in [3.8, 4) is 5.75 Å². The van der Waals surface area contributed by atoms with Crippen molar-refractivity contribution in [2.24, 2.45) is 0 Å². The predicted octanol–water partition coefficient (Wildman–Crippen LogP) is 3.07. The smallest absolute Gasteiger partial charge is 0.251 e. The lowest BCUT2D eigenvalue weighted by Gasteiger charge is -2.36. The minimum absolute atomic E-state index is 0.00845. The van der Waals surface area contributed by atoms with Crippen LogP contribution >= 0.6 is 0 Å². The van der Waals surface area contributed by atoms with Crippen molar-refractivity contribution >= 4 is 17.5 Å². The lowest BCUT2D eigenvalue weighted by Crippen LogP contribution is -2.51. The minimum atomic E-state index is -0.225. The number of carbonyl (C=O) groups is 2. The highest BCUT2D eigenvalue weighted by Gasteiger charge is 2.23. The summed E-state index contributed by atoms with van der Waals surface area (Å²) < 4.78 is 5.44. The van der Waals surface area contributed by atoms with E-state index in [4.69, 9.17) is 4.74 Å². The van der Waals surface area contributed by atoms with E-state index in [1.807, 2.05) is 48.5 Å². The Balaban J connectivity index is 1.49. The summed E-state index contributed by atoms with van der Waals surface area (Å²) in [5.74, 6) is 0.549. The molecule has 160 valence electrons. The second-order valence-corrected chi connectivity index (χ2v) is 8.55. The molecule has 3 rings (SSSR count). The number of para-hydroxylation sites is 2. The minimum Gasteiger partial charge on any atom is -0.495 e. The second kappa shape index (κ2) is 9.20. The SMILES string of the molecule is COc1ccccc1N1CCN(C(=O)CNC(=O)c2ccc(C(C)(C)C)cc2)CC1. The standard InChI is InChI=1S/C24H31N3O3/c1-24(2,3)19-11-9-18(10-12-19)23(29)25-17-22(28)27-15-13-26(14-16-27)20-7-5-6-8-21(20)30-4/h5-12H,13-17H2,1-4H3,(H,25,29). The van der Waals surface area contributed by atoms with Crippen molar-refractivity contribution in [2.75, 3.05) is 44.7 Å². The Labute approximate surface area is 178 Å². The predicted molar refractivity (Wildman–Crippen MR) is 119 cm³/mol. The van der Waals surface area contributed by atoms with Gasteiger partial charge in [0.05, 0.1) is 19.3 Å². The number of rotatable bonds is 5. The van der Waals surface area contributed by atoms with Gasteiger partial charge in [0.1, 0.15) is 5.75 Å². The van der Waals surface area contributed by atoms with Gasteiger partial charge in [-0.2, -0.15) is 0 Å². The molecule has 0 spiro atoms. The number of nitrogens with zero attached hydrogens (tertiary/aromatic N) is 2. The molecule has 1 heterocycles. The van der Waals surface area contributed by atoms with Gasteiger partial charge in [0, 0.05) is 31.7 Å². The van der Waals surface area contributed by atoms with Gasteiger partial charge in [0.25, 0.3) is 5.91 Å². The summed E-state index contributed by atoms with van der Waals surface area (Å²) in [6.07, 6.45) is 0. The number of ether oxygens (including phenoxy) is 1. The average molecular weight is 410 g/mol. The topological polar surface area (TPSA) is 61.9 Å². The zero-order valence-electron chi connectivity index (χ0n) is 18.3. The Morgan fingerprint density at radius 2 is 1.60 bits per heavy atom. The fraction of sp³-hybridized carbons (Fsp3) is 0.417. The molecule has 1 N–H and O–H groups in total. The summed E-state index contributed by atoms with van der Waals surface area (Å²) in [5, 5.41) is 2.75. The lowest BCUT2D eigenvalue weighted by atomic mass is 9.87. The Morgan fingerprint density at radius 3 is 2.20 bits per heavy atom. The van der Waals surface area contributed by atoms with E-state index < -0.39 is 0 Å². The highest BCUT2D eigenvalue weighted by molar-refractivity contribution is 5.96. The van der Waals surface area contributed by atoms with Crippen LogP contribution in [-0.4, -0.2) is 56.5 Å². The molecule has 0 aromatic heterocycles. The van der Waals surface area contributed by atoms with Crippen LogP contribution in [0, 0.1) is 0 Å². The summed E-state index contributed by atoms with van der Waals surface area (Å²) >= 11 is 0. The number of amides is 2. The second-order valence-electron chi connectivity index (χ2n) is 8.55. The highest BCUT2D eigenvalue weighted by Crippen LogP contribution is 2.28. The maximum Gasteiger partial charge on any atom is 0.251 e. The van der Waals surface area contributed by atoms with Crippen molar-refractivity contribution in [2.45, 2.75) is 26.2 Å². The van der Waals surface area contributed by atoms with Gasteiger partial charge in [0.15, 0.2) is 0 Å². The number of carbonyl (C=O) groups excluding carboxylic acids is 2. The van der Waals surface area contributed by atoms with Crippen LogP contribution in [0.5, 0.6) is 5.75 Å². The molecule has 1 fully saturated rings. The number of benzene rings is 2. The normalized spacial score (nSPS) is 14.4. The van der Waals surface area contributed by atoms with Crippen LogP contribution in [0.3, 0.4) is 0 Å². The van der Waals surface area contributed by atoms with Crippen LogP contribution in [0.1, 0.15) is 36.7 Å². The molecule has 6 heteroatoms. The molecule has 1 aliphatic rings. The molecule has 2 aromatic carbocycles. The Morgan fingerprint density at radius 1 is 0.967 bits per heavy atom. The van der Waals surface area contributed by atoms with Crippen molar-refractivity contribution in [1.29, 1.82) is 0 Å². The largest absolute Gasteiger partial charge is 0.495 e. The highest BCUT2D eigenvalue weighted by atomic mass is 16.5. The van der Waals surface area contributed by atoms with Crippen molar-refractivity contribution in [3.05, 3.63) is 59.7 Å². The molecular weight excluding hydrogens is 378 g/mol. The number of piperazine rings is 1. The number of hydrogen-bond donors (Lipinski definition) is 1. The fourth-order valence-corrected chi connectivity index (χ4v) is 3.58. The number of anilines is 1. The van der Waals surface area contributed by atoms with E-state index in [0.717, 1.165) is 24.5 Å². The van der Waals surface area contributed by atoms with Crippen LogP contribution in [-0.2, 0) is 10.2 Å². The Bertz CT molecular complexity index is 879. The first kappa shape index (κ1) is 21.7. The molecule has 6 nitrogen and oxygen atoms in total. The molecule has 0 radical (unpaired) electrons. The van der Waals surface area contributed by atoms with E-state index in [0.29, 0.717) is 18.7 Å². The molecule has 0 saturated carbocycles. The fourth-order valence-electron chi connectivity index (χ4n) is 3.58. The van der Waals surface area contributed by atoms with Gasteiger partial charge >= 0.3 is 0 Å². The first-order valence-corrected chi connectivity index (χ1v) is 10.3. The van der Waals surface area contributed by atoms with Crippen LogP contribution in [0.15, 0.2) is 48.5 Å². The van der Waals surface area contributed by atoms with E-state index in [1.54, 1.807) is 12.0 Å². The summed E-state index contributed by atoms with van der Waals surface area (Å²) in [6, 6.07) is 15.5. The third-order valence-electron chi connectivity index (χ3n) is 5.47. The van der Waals surface area contributed by atoms with Gasteiger partial charge in [-0.3, -0.25) is 9.59 Å². The van der Waals surface area contributed by atoms with Crippen molar-refractivity contribution in [1.82, 2.24) is 10.2 Å². The van der Waals surface area contributed by atoms with E-state index in [9.17, 15) is 9.59 Å². The molecule has 1 aliphatic heterocycles. The summed E-state index contributed by atoms with van der Waals surface area (Å²) in [5.41, 5.74) is 2.82. The molecule has 0 atom stereocenters. The van der Waals surface area contributed by atoms with Crippen LogP contribution < -0.4 is 15.0 Å². The van der Waals surface area contributed by atoms with E-state index in [2.05, 4.69) is 31.0 Å². The number of nitrogens with one attached hydrogen (secondary N) is 1. The Kier molecular flexibility index (Phi) is 6.65. The summed E-state index contributed by atoms with van der Waals surface area (Å²) in [4.78, 5) is 29.0. The number of methoxy groups -OCH3 is 1. The molecule has 0 unspecified atom stereocenters. The summed E-state index contributed by atoms with van der Waals surface area (Å²) in [6.45, 7) is 9.11. The van der Waals surface area contributed by atoms with Gasteiger partial charge in [-0.25, -0.2) is 0 Å². The average Bonchev–Trinajstić information content (AvgIpc) is 2.76. The Hall–Kier alpha value is -3.02. The maximum absolute atomic E-state index is 12.6. The van der Waals surface area contributed by atoms with Crippen molar-refractivity contribution in [3.63, 3.8) is 0 Å². The first-order valence-electron chi connectivity index (χ1n) is 10.3. The lowest BCUT2D eigenvalue weighted by molar-refractivity contribution is -0.130. The van der Waals surface area contributed by atoms with Crippen LogP contribution in [0.25, 0.3) is 0 Å². The van der Waals surface area contributed by atoms with Gasteiger partial charge in [0.2, 0.25) is 5.91 Å². The zero-order valence-corrected chi connectivity index (χ0v) is 18.3.